The van der Waals surface area contributed by atoms with Crippen LogP contribution in [0.15, 0.2) is 0 Å². The third-order valence-corrected chi connectivity index (χ3v) is 2.09. The molecule has 0 heterocycles. The summed E-state index contributed by atoms with van der Waals surface area (Å²) in [6.45, 7) is 4.48. The molecule has 0 aromatic heterocycles. The van der Waals surface area contributed by atoms with Crippen LogP contribution in [0.3, 0.4) is 0 Å². The Balaban J connectivity index is 3.26. The molecule has 0 atom stereocenters. The summed E-state index contributed by atoms with van der Waals surface area (Å²) < 4.78 is 4.94. The topological polar surface area (TPSA) is 50.1 Å². The van der Waals surface area contributed by atoms with Crippen molar-refractivity contribution < 1.29 is 9.53 Å². The van der Waals surface area contributed by atoms with Gasteiger partial charge in [0.15, 0.2) is 0 Å². The zero-order chi connectivity index (χ0) is 10.1. The summed E-state index contributed by atoms with van der Waals surface area (Å²) in [6, 6.07) is 2.02. The van der Waals surface area contributed by atoms with E-state index in [9.17, 15) is 4.79 Å². The first-order valence-electron chi connectivity index (χ1n) is 4.27. The lowest BCUT2D eigenvalue weighted by Gasteiger charge is -2.05. The summed E-state index contributed by atoms with van der Waals surface area (Å²) in [5, 5.41) is 8.23. The number of thioether (sulfide) groups is 1. The van der Waals surface area contributed by atoms with E-state index in [0.29, 0.717) is 30.5 Å². The van der Waals surface area contributed by atoms with Crippen LogP contribution >= 0.6 is 11.8 Å². The highest BCUT2D eigenvalue weighted by atomic mass is 32.2. The van der Waals surface area contributed by atoms with Gasteiger partial charge < -0.3 is 4.74 Å². The first-order valence-corrected chi connectivity index (χ1v) is 5.42. The van der Waals surface area contributed by atoms with Crippen LogP contribution in [-0.2, 0) is 9.53 Å². The normalized spacial score (nSPS) is 9.69. The molecule has 0 unspecified atom stereocenters. The monoisotopic (exact) mass is 201 g/mol. The van der Waals surface area contributed by atoms with Gasteiger partial charge in [-0.1, -0.05) is 13.8 Å². The number of nitriles is 1. The Bertz CT molecular complexity index is 187. The summed E-state index contributed by atoms with van der Waals surface area (Å²) in [5.41, 5.74) is 0. The molecule has 0 aliphatic heterocycles. The Morgan fingerprint density at radius 3 is 2.85 bits per heavy atom. The first-order chi connectivity index (χ1) is 6.16. The van der Waals surface area contributed by atoms with Gasteiger partial charge >= 0.3 is 5.97 Å². The smallest absolute Gasteiger partial charge is 0.315 e. The molecule has 0 saturated carbocycles. The van der Waals surface area contributed by atoms with Gasteiger partial charge in [0.1, 0.15) is 0 Å². The minimum atomic E-state index is -0.184. The largest absolute Gasteiger partial charge is 0.465 e. The van der Waals surface area contributed by atoms with Gasteiger partial charge in [-0.15, -0.1) is 11.8 Å². The second-order valence-electron chi connectivity index (χ2n) is 3.04. The van der Waals surface area contributed by atoms with Gasteiger partial charge in [0.2, 0.25) is 0 Å². The molecule has 0 bridgehead atoms. The van der Waals surface area contributed by atoms with Crippen LogP contribution < -0.4 is 0 Å². The molecule has 0 aliphatic carbocycles. The SMILES string of the molecule is CC(C)COC(=O)CSCCC#N. The maximum absolute atomic E-state index is 11.0. The maximum atomic E-state index is 11.0. The molecule has 0 aliphatic rings. The van der Waals surface area contributed by atoms with E-state index in [-0.39, 0.29) is 5.97 Å². The van der Waals surface area contributed by atoms with Gasteiger partial charge in [-0.25, -0.2) is 0 Å². The van der Waals surface area contributed by atoms with E-state index in [2.05, 4.69) is 0 Å². The quantitative estimate of drug-likeness (QED) is 0.486. The van der Waals surface area contributed by atoms with Gasteiger partial charge in [0.25, 0.3) is 0 Å². The van der Waals surface area contributed by atoms with Crippen molar-refractivity contribution in [2.24, 2.45) is 5.92 Å². The van der Waals surface area contributed by atoms with Crippen molar-refractivity contribution in [1.82, 2.24) is 0 Å². The average molecular weight is 201 g/mol. The van der Waals surface area contributed by atoms with Crippen molar-refractivity contribution in [2.45, 2.75) is 20.3 Å². The predicted molar refractivity (Wildman–Crippen MR) is 53.4 cm³/mol. The number of ether oxygens (including phenoxy) is 1. The lowest BCUT2D eigenvalue weighted by atomic mass is 10.2. The zero-order valence-corrected chi connectivity index (χ0v) is 8.89. The maximum Gasteiger partial charge on any atom is 0.315 e. The third kappa shape index (κ3) is 9.22. The molecule has 0 saturated heterocycles. The number of carbonyl (C=O) groups is 1. The Kier molecular flexibility index (Phi) is 7.51. The molecule has 0 fully saturated rings. The zero-order valence-electron chi connectivity index (χ0n) is 8.08. The van der Waals surface area contributed by atoms with Gasteiger partial charge in [0, 0.05) is 12.2 Å². The Hall–Kier alpha value is -0.690. The molecule has 0 spiro atoms. The first kappa shape index (κ1) is 12.3. The molecule has 4 heteroatoms. The van der Waals surface area contributed by atoms with E-state index in [1.54, 1.807) is 0 Å². The van der Waals surface area contributed by atoms with Crippen LogP contribution in [0.2, 0.25) is 0 Å². The van der Waals surface area contributed by atoms with Crippen LogP contribution in [0.5, 0.6) is 0 Å². The highest BCUT2D eigenvalue weighted by Gasteiger charge is 2.03. The summed E-state index contributed by atoms with van der Waals surface area (Å²) in [6.07, 6.45) is 0.488. The van der Waals surface area contributed by atoms with Crippen molar-refractivity contribution in [3.05, 3.63) is 0 Å². The standard InChI is InChI=1S/C9H15NO2S/c1-8(2)6-12-9(11)7-13-5-3-4-10/h8H,3,5-7H2,1-2H3. The third-order valence-electron chi connectivity index (χ3n) is 1.16. The number of hydrogen-bond acceptors (Lipinski definition) is 4. The highest BCUT2D eigenvalue weighted by molar-refractivity contribution is 7.99. The Morgan fingerprint density at radius 1 is 1.62 bits per heavy atom. The van der Waals surface area contributed by atoms with Crippen LogP contribution in [0.1, 0.15) is 20.3 Å². The molecule has 0 rings (SSSR count). The summed E-state index contributed by atoms with van der Waals surface area (Å²) in [7, 11) is 0. The van der Waals surface area contributed by atoms with Crippen molar-refractivity contribution in [1.29, 1.82) is 5.26 Å². The van der Waals surface area contributed by atoms with Crippen LogP contribution in [0.25, 0.3) is 0 Å². The molecule has 13 heavy (non-hydrogen) atoms. The predicted octanol–water partition coefficient (Wildman–Crippen LogP) is 1.83. The minimum absolute atomic E-state index is 0.184. The molecule has 0 aromatic carbocycles. The average Bonchev–Trinajstić information content (AvgIpc) is 2.09. The van der Waals surface area contributed by atoms with Gasteiger partial charge in [0.05, 0.1) is 18.4 Å². The fourth-order valence-electron chi connectivity index (χ4n) is 0.575. The van der Waals surface area contributed by atoms with E-state index in [1.165, 1.54) is 11.8 Å². The van der Waals surface area contributed by atoms with Crippen molar-refractivity contribution in [3.8, 4) is 6.07 Å². The second kappa shape index (κ2) is 7.93. The molecule has 0 N–H and O–H groups in total. The summed E-state index contributed by atoms with van der Waals surface area (Å²) in [4.78, 5) is 11.0. The highest BCUT2D eigenvalue weighted by Crippen LogP contribution is 2.03. The molecule has 0 radical (unpaired) electrons. The summed E-state index contributed by atoms with van der Waals surface area (Å²) in [5.74, 6) is 1.26. The van der Waals surface area contributed by atoms with Gasteiger partial charge in [-0.3, -0.25) is 4.79 Å². The minimum Gasteiger partial charge on any atom is -0.465 e. The Morgan fingerprint density at radius 2 is 2.31 bits per heavy atom. The number of rotatable bonds is 6. The fourth-order valence-corrected chi connectivity index (χ4v) is 1.20. The molecular weight excluding hydrogens is 186 g/mol. The molecule has 0 aromatic rings. The van der Waals surface area contributed by atoms with E-state index in [1.807, 2.05) is 19.9 Å². The lowest BCUT2D eigenvalue weighted by molar-refractivity contribution is -0.141. The van der Waals surface area contributed by atoms with Crippen molar-refractivity contribution >= 4 is 17.7 Å². The molecule has 74 valence electrons. The van der Waals surface area contributed by atoms with E-state index >= 15 is 0 Å². The Labute approximate surface area is 83.4 Å². The van der Waals surface area contributed by atoms with Crippen molar-refractivity contribution in [3.63, 3.8) is 0 Å². The number of hydrogen-bond donors (Lipinski definition) is 0. The number of esters is 1. The van der Waals surface area contributed by atoms with Crippen molar-refractivity contribution in [2.75, 3.05) is 18.1 Å². The summed E-state index contributed by atoms with van der Waals surface area (Å²) >= 11 is 1.44. The van der Waals surface area contributed by atoms with E-state index < -0.39 is 0 Å². The second-order valence-corrected chi connectivity index (χ2v) is 4.14. The molecule has 0 amide bonds. The number of nitrogens with zero attached hydrogens (tertiary/aromatic N) is 1. The number of carbonyl (C=O) groups excluding carboxylic acids is 1. The van der Waals surface area contributed by atoms with E-state index in [4.69, 9.17) is 10.00 Å². The molecular formula is C9H15NO2S. The van der Waals surface area contributed by atoms with Gasteiger partial charge in [-0.2, -0.15) is 5.26 Å². The van der Waals surface area contributed by atoms with E-state index in [0.717, 1.165) is 0 Å². The molecule has 3 nitrogen and oxygen atoms in total. The lowest BCUT2D eigenvalue weighted by Crippen LogP contribution is -2.12. The van der Waals surface area contributed by atoms with Crippen LogP contribution in [0, 0.1) is 17.2 Å². The van der Waals surface area contributed by atoms with Gasteiger partial charge in [-0.05, 0) is 5.92 Å². The fraction of sp³-hybridized carbons (Fsp3) is 0.778. The van der Waals surface area contributed by atoms with Crippen LogP contribution in [0.4, 0.5) is 0 Å². The van der Waals surface area contributed by atoms with Crippen LogP contribution in [-0.4, -0.2) is 24.1 Å².